The smallest absolute Gasteiger partial charge is 0.271 e. The molecule has 0 unspecified atom stereocenters. The van der Waals surface area contributed by atoms with Gasteiger partial charge >= 0.3 is 0 Å². The van der Waals surface area contributed by atoms with Crippen LogP contribution in [0.5, 0.6) is 0 Å². The highest BCUT2D eigenvalue weighted by molar-refractivity contribution is 5.92. The number of rotatable bonds is 4. The number of imidazole rings is 1. The summed E-state index contributed by atoms with van der Waals surface area (Å²) in [6, 6.07) is 0. The highest BCUT2D eigenvalue weighted by Crippen LogP contribution is 2.13. The van der Waals surface area contributed by atoms with Gasteiger partial charge in [-0.15, -0.1) is 0 Å². The number of methoxy groups -OCH3 is 1. The fourth-order valence-corrected chi connectivity index (χ4v) is 1.64. The fourth-order valence-electron chi connectivity index (χ4n) is 1.64. The molecule has 1 aromatic heterocycles. The number of fused-ring (bicyclic) bond motifs is 1. The lowest BCUT2D eigenvalue weighted by Crippen LogP contribution is -2.27. The van der Waals surface area contributed by atoms with Crippen molar-refractivity contribution in [2.45, 2.75) is 13.0 Å². The van der Waals surface area contributed by atoms with Gasteiger partial charge in [0, 0.05) is 32.9 Å². The standard InChI is InChI=1S/C10H16N4O2/c1-16-6-4-11-9(15)8-7-14-5-2-3-12-10(14)13-8/h7H,2-6H2,1H3,(H,11,15)(H,12,13). The predicted octanol–water partition coefficient (Wildman–Crippen LogP) is 0.0749. The van der Waals surface area contributed by atoms with Crippen molar-refractivity contribution in [3.05, 3.63) is 11.9 Å². The highest BCUT2D eigenvalue weighted by Gasteiger charge is 2.15. The first-order chi connectivity index (χ1) is 7.81. The molecule has 2 rings (SSSR count). The normalized spacial score (nSPS) is 14.1. The van der Waals surface area contributed by atoms with E-state index in [0.717, 1.165) is 25.5 Å². The van der Waals surface area contributed by atoms with Crippen LogP contribution in [0.25, 0.3) is 0 Å². The molecule has 6 heteroatoms. The minimum atomic E-state index is -0.152. The summed E-state index contributed by atoms with van der Waals surface area (Å²) in [6.07, 6.45) is 2.84. The van der Waals surface area contributed by atoms with E-state index < -0.39 is 0 Å². The van der Waals surface area contributed by atoms with Gasteiger partial charge in [0.25, 0.3) is 5.91 Å². The third-order valence-corrected chi connectivity index (χ3v) is 2.46. The monoisotopic (exact) mass is 224 g/mol. The molecule has 0 spiro atoms. The topological polar surface area (TPSA) is 68.2 Å². The minimum Gasteiger partial charge on any atom is -0.383 e. The van der Waals surface area contributed by atoms with Gasteiger partial charge in [0.1, 0.15) is 5.69 Å². The summed E-state index contributed by atoms with van der Waals surface area (Å²) in [4.78, 5) is 15.9. The minimum absolute atomic E-state index is 0.152. The van der Waals surface area contributed by atoms with Gasteiger partial charge in [-0.3, -0.25) is 4.79 Å². The molecular formula is C10H16N4O2. The first-order valence-corrected chi connectivity index (χ1v) is 5.39. The Morgan fingerprint density at radius 1 is 1.75 bits per heavy atom. The summed E-state index contributed by atoms with van der Waals surface area (Å²) in [5, 5.41) is 5.89. The maximum Gasteiger partial charge on any atom is 0.271 e. The van der Waals surface area contributed by atoms with E-state index in [1.165, 1.54) is 0 Å². The molecule has 1 aliphatic rings. The van der Waals surface area contributed by atoms with Crippen LogP contribution in [0, 0.1) is 0 Å². The van der Waals surface area contributed by atoms with Gasteiger partial charge in [0.15, 0.2) is 0 Å². The second kappa shape index (κ2) is 4.98. The van der Waals surface area contributed by atoms with Crippen LogP contribution in [0.4, 0.5) is 5.95 Å². The third-order valence-electron chi connectivity index (χ3n) is 2.46. The summed E-state index contributed by atoms with van der Waals surface area (Å²) in [5.74, 6) is 0.629. The fraction of sp³-hybridized carbons (Fsp3) is 0.600. The lowest BCUT2D eigenvalue weighted by molar-refractivity contribution is 0.0932. The highest BCUT2D eigenvalue weighted by atomic mass is 16.5. The number of carbonyl (C=O) groups excluding carboxylic acids is 1. The zero-order valence-electron chi connectivity index (χ0n) is 9.32. The molecule has 0 saturated carbocycles. The Morgan fingerprint density at radius 3 is 3.38 bits per heavy atom. The number of hydrogen-bond donors (Lipinski definition) is 2. The Balaban J connectivity index is 1.98. The number of amides is 1. The van der Waals surface area contributed by atoms with Crippen molar-refractivity contribution >= 4 is 11.9 Å². The summed E-state index contributed by atoms with van der Waals surface area (Å²) in [6.45, 7) is 2.85. The van der Waals surface area contributed by atoms with Crippen LogP contribution < -0.4 is 10.6 Å². The van der Waals surface area contributed by atoms with Crippen molar-refractivity contribution in [3.8, 4) is 0 Å². The zero-order valence-corrected chi connectivity index (χ0v) is 9.32. The van der Waals surface area contributed by atoms with Gasteiger partial charge in [0.2, 0.25) is 5.95 Å². The van der Waals surface area contributed by atoms with Gasteiger partial charge in [-0.1, -0.05) is 0 Å². The van der Waals surface area contributed by atoms with E-state index in [-0.39, 0.29) is 5.91 Å². The average Bonchev–Trinajstić information content (AvgIpc) is 2.73. The number of aryl methyl sites for hydroxylation is 1. The van der Waals surface area contributed by atoms with E-state index in [2.05, 4.69) is 15.6 Å². The molecule has 2 N–H and O–H groups in total. The largest absolute Gasteiger partial charge is 0.383 e. The lowest BCUT2D eigenvalue weighted by Gasteiger charge is -2.14. The lowest BCUT2D eigenvalue weighted by atomic mass is 10.4. The molecule has 0 atom stereocenters. The number of anilines is 1. The first kappa shape index (κ1) is 10.9. The molecule has 0 radical (unpaired) electrons. The van der Waals surface area contributed by atoms with Crippen LogP contribution in [-0.4, -0.2) is 42.3 Å². The molecule has 88 valence electrons. The number of nitrogens with zero attached hydrogens (tertiary/aromatic N) is 2. The molecule has 0 aliphatic carbocycles. The van der Waals surface area contributed by atoms with E-state index in [1.807, 2.05) is 4.57 Å². The molecule has 1 aromatic rings. The number of ether oxygens (including phenoxy) is 1. The van der Waals surface area contributed by atoms with Crippen molar-refractivity contribution in [1.29, 1.82) is 0 Å². The summed E-state index contributed by atoms with van der Waals surface area (Å²) >= 11 is 0. The number of hydrogen-bond acceptors (Lipinski definition) is 4. The summed E-state index contributed by atoms with van der Waals surface area (Å²) in [5.41, 5.74) is 0.459. The van der Waals surface area contributed by atoms with E-state index in [0.29, 0.717) is 18.8 Å². The molecule has 16 heavy (non-hydrogen) atoms. The molecular weight excluding hydrogens is 208 g/mol. The molecule has 6 nitrogen and oxygen atoms in total. The maximum absolute atomic E-state index is 11.7. The second-order valence-electron chi connectivity index (χ2n) is 3.67. The average molecular weight is 224 g/mol. The van der Waals surface area contributed by atoms with Crippen LogP contribution in [-0.2, 0) is 11.3 Å². The Kier molecular flexibility index (Phi) is 3.40. The van der Waals surface area contributed by atoms with Gasteiger partial charge in [-0.05, 0) is 6.42 Å². The van der Waals surface area contributed by atoms with Crippen molar-refractivity contribution in [2.75, 3.05) is 32.1 Å². The number of aromatic nitrogens is 2. The van der Waals surface area contributed by atoms with Gasteiger partial charge in [-0.25, -0.2) is 4.98 Å². The van der Waals surface area contributed by atoms with E-state index in [4.69, 9.17) is 4.74 Å². The summed E-state index contributed by atoms with van der Waals surface area (Å²) < 4.78 is 6.82. The molecule has 1 aliphatic heterocycles. The first-order valence-electron chi connectivity index (χ1n) is 5.39. The Labute approximate surface area is 94.0 Å². The molecule has 0 bridgehead atoms. The van der Waals surface area contributed by atoms with Gasteiger partial charge in [0.05, 0.1) is 6.61 Å². The predicted molar refractivity (Wildman–Crippen MR) is 59.5 cm³/mol. The van der Waals surface area contributed by atoms with Crippen LogP contribution in [0.1, 0.15) is 16.9 Å². The van der Waals surface area contributed by atoms with Gasteiger partial charge in [-0.2, -0.15) is 0 Å². The number of nitrogens with one attached hydrogen (secondary N) is 2. The van der Waals surface area contributed by atoms with Gasteiger partial charge < -0.3 is 19.9 Å². The zero-order chi connectivity index (χ0) is 11.4. The van der Waals surface area contributed by atoms with Crippen molar-refractivity contribution < 1.29 is 9.53 Å². The van der Waals surface area contributed by atoms with E-state index >= 15 is 0 Å². The van der Waals surface area contributed by atoms with Crippen molar-refractivity contribution in [3.63, 3.8) is 0 Å². The van der Waals surface area contributed by atoms with Crippen LogP contribution in [0.3, 0.4) is 0 Å². The van der Waals surface area contributed by atoms with Crippen LogP contribution in [0.15, 0.2) is 6.20 Å². The van der Waals surface area contributed by atoms with E-state index in [9.17, 15) is 4.79 Å². The SMILES string of the molecule is COCCNC(=O)c1cn2c(n1)NCCC2. The maximum atomic E-state index is 11.7. The summed E-state index contributed by atoms with van der Waals surface area (Å²) in [7, 11) is 1.60. The quantitative estimate of drug-likeness (QED) is 0.710. The third kappa shape index (κ3) is 2.33. The second-order valence-corrected chi connectivity index (χ2v) is 3.67. The molecule has 0 aromatic carbocycles. The van der Waals surface area contributed by atoms with Crippen LogP contribution in [0.2, 0.25) is 0 Å². The molecule has 0 fully saturated rings. The van der Waals surface area contributed by atoms with Crippen LogP contribution >= 0.6 is 0 Å². The van der Waals surface area contributed by atoms with Crippen molar-refractivity contribution in [2.24, 2.45) is 0 Å². The molecule has 0 saturated heterocycles. The Bertz CT molecular complexity index is 351. The molecule has 1 amide bonds. The Morgan fingerprint density at radius 2 is 2.62 bits per heavy atom. The Hall–Kier alpha value is -1.56. The van der Waals surface area contributed by atoms with Crippen molar-refractivity contribution in [1.82, 2.24) is 14.9 Å². The number of carbonyl (C=O) groups is 1. The molecule has 2 heterocycles. The van der Waals surface area contributed by atoms with E-state index in [1.54, 1.807) is 13.3 Å².